The summed E-state index contributed by atoms with van der Waals surface area (Å²) in [6.45, 7) is 9.52. The Labute approximate surface area is 139 Å². The van der Waals surface area contributed by atoms with Crippen LogP contribution in [0.4, 0.5) is 0 Å². The maximum absolute atomic E-state index is 5.80. The number of rotatable bonds is 6. The number of ether oxygens (including phenoxy) is 1. The molecule has 114 valence electrons. The van der Waals surface area contributed by atoms with Gasteiger partial charge in [0.25, 0.3) is 0 Å². The molecule has 20 heavy (non-hydrogen) atoms. The SMILES string of the molecule is Cc1cccc(C)c1OCCCN=C(N)NC(C)C.I. The molecule has 1 rings (SSSR count). The number of nitrogens with zero attached hydrogens (tertiary/aromatic N) is 1. The predicted octanol–water partition coefficient (Wildman–Crippen LogP) is 3.00. The van der Waals surface area contributed by atoms with Gasteiger partial charge < -0.3 is 15.8 Å². The Bertz CT molecular complexity index is 413. The van der Waals surface area contributed by atoms with Gasteiger partial charge in [0, 0.05) is 19.0 Å². The second-order valence-electron chi connectivity index (χ2n) is 4.99. The molecule has 0 saturated heterocycles. The van der Waals surface area contributed by atoms with Gasteiger partial charge in [-0.2, -0.15) is 0 Å². The highest BCUT2D eigenvalue weighted by molar-refractivity contribution is 14.0. The van der Waals surface area contributed by atoms with E-state index in [4.69, 9.17) is 10.5 Å². The molecular formula is C15H26IN3O. The van der Waals surface area contributed by atoms with Crippen LogP contribution in [-0.4, -0.2) is 25.2 Å². The lowest BCUT2D eigenvalue weighted by Crippen LogP contribution is -2.36. The number of guanidine groups is 1. The monoisotopic (exact) mass is 391 g/mol. The van der Waals surface area contributed by atoms with E-state index < -0.39 is 0 Å². The molecular weight excluding hydrogens is 365 g/mol. The van der Waals surface area contributed by atoms with E-state index in [1.165, 1.54) is 11.1 Å². The third-order valence-corrected chi connectivity index (χ3v) is 2.68. The van der Waals surface area contributed by atoms with Gasteiger partial charge >= 0.3 is 0 Å². The van der Waals surface area contributed by atoms with Gasteiger partial charge in [-0.05, 0) is 38.8 Å². The van der Waals surface area contributed by atoms with Gasteiger partial charge in [0.15, 0.2) is 5.96 Å². The Hall–Kier alpha value is -0.980. The van der Waals surface area contributed by atoms with Crippen molar-refractivity contribution >= 4 is 29.9 Å². The van der Waals surface area contributed by atoms with Gasteiger partial charge in [-0.3, -0.25) is 4.99 Å². The highest BCUT2D eigenvalue weighted by Crippen LogP contribution is 2.22. The van der Waals surface area contributed by atoms with Gasteiger partial charge in [0.05, 0.1) is 6.61 Å². The predicted molar refractivity (Wildman–Crippen MR) is 96.2 cm³/mol. The molecule has 0 amide bonds. The first kappa shape index (κ1) is 19.0. The average molecular weight is 391 g/mol. The molecule has 0 spiro atoms. The van der Waals surface area contributed by atoms with Gasteiger partial charge in [-0.15, -0.1) is 24.0 Å². The van der Waals surface area contributed by atoms with Crippen molar-refractivity contribution in [1.29, 1.82) is 0 Å². The fourth-order valence-electron chi connectivity index (χ4n) is 1.81. The minimum absolute atomic E-state index is 0. The number of halogens is 1. The molecule has 0 unspecified atom stereocenters. The van der Waals surface area contributed by atoms with Crippen molar-refractivity contribution in [2.75, 3.05) is 13.2 Å². The van der Waals surface area contributed by atoms with Crippen LogP contribution < -0.4 is 15.8 Å². The van der Waals surface area contributed by atoms with Gasteiger partial charge in [0.1, 0.15) is 5.75 Å². The highest BCUT2D eigenvalue weighted by atomic mass is 127. The third-order valence-electron chi connectivity index (χ3n) is 2.68. The van der Waals surface area contributed by atoms with E-state index in [2.05, 4.69) is 36.3 Å². The minimum Gasteiger partial charge on any atom is -0.493 e. The van der Waals surface area contributed by atoms with Crippen LogP contribution in [0.3, 0.4) is 0 Å². The molecule has 0 atom stereocenters. The van der Waals surface area contributed by atoms with Crippen molar-refractivity contribution in [3.05, 3.63) is 29.3 Å². The molecule has 0 aliphatic rings. The molecule has 0 bridgehead atoms. The fraction of sp³-hybridized carbons (Fsp3) is 0.533. The topological polar surface area (TPSA) is 59.6 Å². The van der Waals surface area contributed by atoms with Crippen molar-refractivity contribution in [3.8, 4) is 5.75 Å². The summed E-state index contributed by atoms with van der Waals surface area (Å²) in [4.78, 5) is 4.24. The first-order valence-corrected chi connectivity index (χ1v) is 6.76. The summed E-state index contributed by atoms with van der Waals surface area (Å²) in [6, 6.07) is 6.48. The lowest BCUT2D eigenvalue weighted by molar-refractivity contribution is 0.309. The summed E-state index contributed by atoms with van der Waals surface area (Å²) >= 11 is 0. The zero-order valence-corrected chi connectivity index (χ0v) is 15.1. The van der Waals surface area contributed by atoms with E-state index in [1.54, 1.807) is 0 Å². The smallest absolute Gasteiger partial charge is 0.188 e. The standard InChI is InChI=1S/C15H25N3O.HI/c1-11(2)18-15(16)17-9-6-10-19-14-12(3)7-5-8-13(14)4;/h5,7-8,11H,6,9-10H2,1-4H3,(H3,16,17,18);1H. The Morgan fingerprint density at radius 2 is 1.90 bits per heavy atom. The van der Waals surface area contributed by atoms with Crippen molar-refractivity contribution in [1.82, 2.24) is 5.32 Å². The summed E-state index contributed by atoms with van der Waals surface area (Å²) < 4.78 is 5.80. The van der Waals surface area contributed by atoms with E-state index in [9.17, 15) is 0 Å². The molecule has 5 heteroatoms. The Morgan fingerprint density at radius 1 is 1.30 bits per heavy atom. The van der Waals surface area contributed by atoms with E-state index in [0.717, 1.165) is 12.2 Å². The van der Waals surface area contributed by atoms with Gasteiger partial charge in [-0.1, -0.05) is 18.2 Å². The van der Waals surface area contributed by atoms with E-state index in [1.807, 2.05) is 19.9 Å². The van der Waals surface area contributed by atoms with Crippen LogP contribution >= 0.6 is 24.0 Å². The summed E-state index contributed by atoms with van der Waals surface area (Å²) in [6.07, 6.45) is 0.855. The van der Waals surface area contributed by atoms with Gasteiger partial charge in [-0.25, -0.2) is 0 Å². The van der Waals surface area contributed by atoms with Crippen molar-refractivity contribution in [2.24, 2.45) is 10.7 Å². The van der Waals surface area contributed by atoms with Crippen molar-refractivity contribution in [2.45, 2.75) is 40.2 Å². The maximum atomic E-state index is 5.80. The normalized spacial score (nSPS) is 11.2. The first-order chi connectivity index (χ1) is 9.00. The zero-order valence-electron chi connectivity index (χ0n) is 12.8. The molecule has 0 radical (unpaired) electrons. The van der Waals surface area contributed by atoms with Crippen LogP contribution in [0.15, 0.2) is 23.2 Å². The number of nitrogens with one attached hydrogen (secondary N) is 1. The van der Waals surface area contributed by atoms with E-state index >= 15 is 0 Å². The number of hydrogen-bond acceptors (Lipinski definition) is 2. The lowest BCUT2D eigenvalue weighted by atomic mass is 10.1. The summed E-state index contributed by atoms with van der Waals surface area (Å²) in [5.41, 5.74) is 8.06. The Balaban J connectivity index is 0.00000361. The zero-order chi connectivity index (χ0) is 14.3. The molecule has 0 aliphatic heterocycles. The Morgan fingerprint density at radius 3 is 2.45 bits per heavy atom. The number of hydrogen-bond donors (Lipinski definition) is 2. The molecule has 0 fully saturated rings. The number of aliphatic imine (C=N–C) groups is 1. The minimum atomic E-state index is 0. The van der Waals surface area contributed by atoms with Crippen LogP contribution in [-0.2, 0) is 0 Å². The molecule has 4 nitrogen and oxygen atoms in total. The van der Waals surface area contributed by atoms with Crippen LogP contribution in [0.5, 0.6) is 5.75 Å². The van der Waals surface area contributed by atoms with E-state index in [0.29, 0.717) is 25.2 Å². The van der Waals surface area contributed by atoms with E-state index in [-0.39, 0.29) is 24.0 Å². The van der Waals surface area contributed by atoms with Crippen LogP contribution in [0.2, 0.25) is 0 Å². The van der Waals surface area contributed by atoms with Crippen molar-refractivity contribution in [3.63, 3.8) is 0 Å². The number of aryl methyl sites for hydroxylation is 2. The molecule has 0 aromatic heterocycles. The molecule has 3 N–H and O–H groups in total. The second-order valence-corrected chi connectivity index (χ2v) is 4.99. The Kier molecular flexibility index (Phi) is 9.37. The summed E-state index contributed by atoms with van der Waals surface area (Å²) in [5.74, 6) is 1.49. The third kappa shape index (κ3) is 6.98. The second kappa shape index (κ2) is 9.85. The molecule has 0 saturated carbocycles. The van der Waals surface area contributed by atoms with Gasteiger partial charge in [0.2, 0.25) is 0 Å². The molecule has 0 aliphatic carbocycles. The number of nitrogens with two attached hydrogens (primary N) is 1. The number of benzene rings is 1. The summed E-state index contributed by atoms with van der Waals surface area (Å²) in [7, 11) is 0. The van der Waals surface area contributed by atoms with Crippen LogP contribution in [0.25, 0.3) is 0 Å². The fourth-order valence-corrected chi connectivity index (χ4v) is 1.81. The molecule has 1 aromatic carbocycles. The largest absolute Gasteiger partial charge is 0.493 e. The summed E-state index contributed by atoms with van der Waals surface area (Å²) in [5, 5.41) is 3.06. The lowest BCUT2D eigenvalue weighted by Gasteiger charge is -2.11. The van der Waals surface area contributed by atoms with Crippen LogP contribution in [0, 0.1) is 13.8 Å². The molecule has 1 aromatic rings. The maximum Gasteiger partial charge on any atom is 0.188 e. The quantitative estimate of drug-likeness (QED) is 0.339. The van der Waals surface area contributed by atoms with Crippen molar-refractivity contribution < 1.29 is 4.74 Å². The number of para-hydroxylation sites is 1. The molecule has 0 heterocycles. The highest BCUT2D eigenvalue weighted by Gasteiger charge is 2.02. The van der Waals surface area contributed by atoms with Crippen LogP contribution in [0.1, 0.15) is 31.4 Å². The average Bonchev–Trinajstić information content (AvgIpc) is 2.31. The first-order valence-electron chi connectivity index (χ1n) is 6.76.